The number of hydrogen-bond donors (Lipinski definition) is 1. The molecule has 0 aliphatic heterocycles. The van der Waals surface area contributed by atoms with E-state index in [1.807, 2.05) is 18.9 Å². The van der Waals surface area contributed by atoms with Crippen LogP contribution in [0.25, 0.3) is 0 Å². The van der Waals surface area contributed by atoms with Crippen LogP contribution in [0.4, 0.5) is 4.39 Å². The Morgan fingerprint density at radius 1 is 1.59 bits per heavy atom. The standard InChI is InChI=1S/C12H15ClFNO2/c1-8(15(2)6-5-12(16)17)10-4-3-9(14)7-11(10)13/h3-4,7-8H,5-6H2,1-2H3,(H,16,17). The van der Waals surface area contributed by atoms with Crippen LogP contribution in [-0.2, 0) is 4.79 Å². The maximum Gasteiger partial charge on any atom is 0.304 e. The van der Waals surface area contributed by atoms with E-state index in [9.17, 15) is 9.18 Å². The SMILES string of the molecule is CC(c1ccc(F)cc1Cl)N(C)CCC(=O)O. The van der Waals surface area contributed by atoms with Gasteiger partial charge < -0.3 is 5.11 Å². The second kappa shape index (κ2) is 5.98. The van der Waals surface area contributed by atoms with Crippen LogP contribution in [0.15, 0.2) is 18.2 Å². The van der Waals surface area contributed by atoms with Crippen molar-refractivity contribution in [2.24, 2.45) is 0 Å². The Balaban J connectivity index is 2.74. The van der Waals surface area contributed by atoms with E-state index in [1.54, 1.807) is 6.07 Å². The average Bonchev–Trinajstić information content (AvgIpc) is 2.25. The lowest BCUT2D eigenvalue weighted by molar-refractivity contribution is -0.137. The fourth-order valence-corrected chi connectivity index (χ4v) is 1.87. The number of hydrogen-bond acceptors (Lipinski definition) is 2. The molecular formula is C12H15ClFNO2. The minimum atomic E-state index is -0.839. The van der Waals surface area contributed by atoms with E-state index >= 15 is 0 Å². The van der Waals surface area contributed by atoms with Crippen molar-refractivity contribution in [2.75, 3.05) is 13.6 Å². The second-order valence-corrected chi connectivity index (χ2v) is 4.37. The minimum absolute atomic E-state index is 0.0533. The van der Waals surface area contributed by atoms with Crippen LogP contribution in [0.5, 0.6) is 0 Å². The van der Waals surface area contributed by atoms with Gasteiger partial charge in [-0.15, -0.1) is 0 Å². The van der Waals surface area contributed by atoms with E-state index in [2.05, 4.69) is 0 Å². The summed E-state index contributed by atoms with van der Waals surface area (Å²) < 4.78 is 12.9. The summed E-state index contributed by atoms with van der Waals surface area (Å²) in [6, 6.07) is 4.18. The molecule has 0 aromatic heterocycles. The highest BCUT2D eigenvalue weighted by atomic mass is 35.5. The maximum absolute atomic E-state index is 12.9. The predicted octanol–water partition coefficient (Wildman–Crippen LogP) is 2.95. The molecule has 0 heterocycles. The molecule has 0 aliphatic rings. The van der Waals surface area contributed by atoms with E-state index in [1.165, 1.54) is 12.1 Å². The molecule has 0 radical (unpaired) electrons. The largest absolute Gasteiger partial charge is 0.481 e. The first kappa shape index (κ1) is 13.9. The van der Waals surface area contributed by atoms with Gasteiger partial charge >= 0.3 is 5.97 Å². The quantitative estimate of drug-likeness (QED) is 0.884. The van der Waals surface area contributed by atoms with Crippen LogP contribution in [-0.4, -0.2) is 29.6 Å². The normalized spacial score (nSPS) is 12.8. The van der Waals surface area contributed by atoms with Gasteiger partial charge in [-0.05, 0) is 31.7 Å². The third-order valence-electron chi connectivity index (χ3n) is 2.75. The van der Waals surface area contributed by atoms with Gasteiger partial charge in [-0.2, -0.15) is 0 Å². The number of aliphatic carboxylic acids is 1. The molecule has 0 saturated carbocycles. The van der Waals surface area contributed by atoms with Crippen molar-refractivity contribution in [1.82, 2.24) is 4.90 Å². The zero-order valence-corrected chi connectivity index (χ0v) is 10.5. The van der Waals surface area contributed by atoms with Gasteiger partial charge in [0.2, 0.25) is 0 Å². The van der Waals surface area contributed by atoms with Crippen molar-refractivity contribution in [3.8, 4) is 0 Å². The lowest BCUT2D eigenvalue weighted by Gasteiger charge is -2.25. The van der Waals surface area contributed by atoms with Gasteiger partial charge in [-0.3, -0.25) is 9.69 Å². The molecule has 3 nitrogen and oxygen atoms in total. The Kier molecular flexibility index (Phi) is 4.90. The Morgan fingerprint density at radius 2 is 2.24 bits per heavy atom. The maximum atomic E-state index is 12.9. The molecule has 1 aromatic rings. The van der Waals surface area contributed by atoms with Crippen molar-refractivity contribution in [3.63, 3.8) is 0 Å². The van der Waals surface area contributed by atoms with E-state index in [0.29, 0.717) is 11.6 Å². The summed E-state index contributed by atoms with van der Waals surface area (Å²) in [5, 5.41) is 8.96. The highest BCUT2D eigenvalue weighted by Crippen LogP contribution is 2.27. The third kappa shape index (κ3) is 3.98. The minimum Gasteiger partial charge on any atom is -0.481 e. The van der Waals surface area contributed by atoms with Crippen molar-refractivity contribution in [2.45, 2.75) is 19.4 Å². The summed E-state index contributed by atoms with van der Waals surface area (Å²) >= 11 is 5.95. The number of carboxylic acids is 1. The molecular weight excluding hydrogens is 245 g/mol. The van der Waals surface area contributed by atoms with Gasteiger partial charge in [0.25, 0.3) is 0 Å². The summed E-state index contributed by atoms with van der Waals surface area (Å²) in [6.07, 6.45) is 0.0691. The van der Waals surface area contributed by atoms with Crippen LogP contribution in [0.1, 0.15) is 24.9 Å². The number of halogens is 2. The number of benzene rings is 1. The van der Waals surface area contributed by atoms with E-state index in [4.69, 9.17) is 16.7 Å². The fourth-order valence-electron chi connectivity index (χ4n) is 1.54. The van der Waals surface area contributed by atoms with Crippen molar-refractivity contribution in [1.29, 1.82) is 0 Å². The van der Waals surface area contributed by atoms with Crippen LogP contribution in [0.2, 0.25) is 5.02 Å². The monoisotopic (exact) mass is 259 g/mol. The molecule has 0 saturated heterocycles. The van der Waals surface area contributed by atoms with Crippen molar-refractivity contribution < 1.29 is 14.3 Å². The molecule has 0 amide bonds. The topological polar surface area (TPSA) is 40.5 Å². The van der Waals surface area contributed by atoms with Crippen molar-refractivity contribution in [3.05, 3.63) is 34.6 Å². The molecule has 1 aromatic carbocycles. The Morgan fingerprint density at radius 3 is 2.76 bits per heavy atom. The van der Waals surface area contributed by atoms with Crippen LogP contribution in [0.3, 0.4) is 0 Å². The zero-order valence-electron chi connectivity index (χ0n) is 9.78. The summed E-state index contributed by atoms with van der Waals surface area (Å²) in [6.45, 7) is 2.32. The third-order valence-corrected chi connectivity index (χ3v) is 3.08. The summed E-state index contributed by atoms with van der Waals surface area (Å²) in [5.41, 5.74) is 0.793. The van der Waals surface area contributed by atoms with Gasteiger partial charge in [-0.1, -0.05) is 17.7 Å². The Bertz CT molecular complexity index is 411. The number of carbonyl (C=O) groups is 1. The number of carboxylic acid groups (broad SMARTS) is 1. The summed E-state index contributed by atoms with van der Waals surface area (Å²) in [4.78, 5) is 12.3. The van der Waals surface area contributed by atoms with E-state index in [-0.39, 0.29) is 18.3 Å². The van der Waals surface area contributed by atoms with Crippen LogP contribution >= 0.6 is 11.6 Å². The van der Waals surface area contributed by atoms with Crippen LogP contribution in [0, 0.1) is 5.82 Å². The highest BCUT2D eigenvalue weighted by molar-refractivity contribution is 6.31. The first-order valence-electron chi connectivity index (χ1n) is 5.28. The van der Waals surface area contributed by atoms with E-state index in [0.717, 1.165) is 5.56 Å². The molecule has 17 heavy (non-hydrogen) atoms. The lowest BCUT2D eigenvalue weighted by Crippen LogP contribution is -2.25. The first-order chi connectivity index (χ1) is 7.91. The molecule has 1 rings (SSSR count). The lowest BCUT2D eigenvalue weighted by atomic mass is 10.1. The van der Waals surface area contributed by atoms with Gasteiger partial charge in [0.15, 0.2) is 0 Å². The predicted molar refractivity (Wildman–Crippen MR) is 64.7 cm³/mol. The number of rotatable bonds is 5. The molecule has 0 spiro atoms. The van der Waals surface area contributed by atoms with Crippen LogP contribution < -0.4 is 0 Å². The summed E-state index contributed by atoms with van der Waals surface area (Å²) in [7, 11) is 1.81. The fraction of sp³-hybridized carbons (Fsp3) is 0.417. The molecule has 1 unspecified atom stereocenters. The van der Waals surface area contributed by atoms with Crippen molar-refractivity contribution >= 4 is 17.6 Å². The molecule has 0 bridgehead atoms. The molecule has 0 aliphatic carbocycles. The smallest absolute Gasteiger partial charge is 0.304 e. The van der Waals surface area contributed by atoms with Gasteiger partial charge in [0.1, 0.15) is 5.82 Å². The first-order valence-corrected chi connectivity index (χ1v) is 5.66. The molecule has 94 valence electrons. The zero-order chi connectivity index (χ0) is 13.0. The Labute approximate surface area is 105 Å². The molecule has 1 N–H and O–H groups in total. The van der Waals surface area contributed by atoms with E-state index < -0.39 is 5.97 Å². The van der Waals surface area contributed by atoms with Gasteiger partial charge in [0.05, 0.1) is 6.42 Å². The Hall–Kier alpha value is -1.13. The average molecular weight is 260 g/mol. The summed E-state index contributed by atoms with van der Waals surface area (Å²) in [5.74, 6) is -1.21. The van der Waals surface area contributed by atoms with Gasteiger partial charge in [-0.25, -0.2) is 4.39 Å². The molecule has 1 atom stereocenters. The second-order valence-electron chi connectivity index (χ2n) is 3.97. The number of nitrogens with zero attached hydrogens (tertiary/aromatic N) is 1. The van der Waals surface area contributed by atoms with Gasteiger partial charge in [0, 0.05) is 17.6 Å². The highest BCUT2D eigenvalue weighted by Gasteiger charge is 2.15. The molecule has 0 fully saturated rings. The molecule has 5 heteroatoms.